The second-order valence-electron chi connectivity index (χ2n) is 9.40. The molecule has 0 bridgehead atoms. The van der Waals surface area contributed by atoms with E-state index in [1.165, 1.54) is 12.1 Å². The molecule has 0 atom stereocenters. The van der Waals surface area contributed by atoms with Gasteiger partial charge in [0, 0.05) is 23.1 Å². The predicted molar refractivity (Wildman–Crippen MR) is 138 cm³/mol. The number of pyridine rings is 2. The maximum absolute atomic E-state index is 13.4. The van der Waals surface area contributed by atoms with E-state index >= 15 is 0 Å². The fraction of sp³-hybridized carbons (Fsp3) is 0.222. The van der Waals surface area contributed by atoms with Gasteiger partial charge in [0.15, 0.2) is 11.0 Å². The van der Waals surface area contributed by atoms with Gasteiger partial charge in [0.25, 0.3) is 11.1 Å². The maximum atomic E-state index is 13.4. The Morgan fingerprint density at radius 1 is 0.972 bits per heavy atom. The summed E-state index contributed by atoms with van der Waals surface area (Å²) in [4.78, 5) is 45.2. The van der Waals surface area contributed by atoms with E-state index in [0.717, 1.165) is 31.1 Å². The summed E-state index contributed by atoms with van der Waals surface area (Å²) in [5.74, 6) is 0.626. The lowest BCUT2D eigenvalue weighted by atomic mass is 10.0. The molecule has 1 saturated carbocycles. The fourth-order valence-electron chi connectivity index (χ4n) is 5.60. The van der Waals surface area contributed by atoms with Crippen molar-refractivity contribution in [2.24, 2.45) is 0 Å². The molecule has 0 saturated heterocycles. The number of methoxy groups -OCH3 is 1. The van der Waals surface area contributed by atoms with E-state index in [4.69, 9.17) is 9.15 Å². The van der Waals surface area contributed by atoms with Crippen LogP contribution in [0.3, 0.4) is 0 Å². The van der Waals surface area contributed by atoms with Crippen LogP contribution in [0.4, 0.5) is 0 Å². The van der Waals surface area contributed by atoms with E-state index in [2.05, 4.69) is 15.1 Å². The topological polar surface area (TPSA) is 126 Å². The van der Waals surface area contributed by atoms with Gasteiger partial charge in [0.05, 0.1) is 35.1 Å². The molecule has 9 heteroatoms. The normalized spacial score (nSPS) is 14.6. The molecular weight excluding hydrogens is 460 g/mol. The summed E-state index contributed by atoms with van der Waals surface area (Å²) in [6.45, 7) is 0. The first kappa shape index (κ1) is 20.8. The fourth-order valence-corrected chi connectivity index (χ4v) is 5.60. The predicted octanol–water partition coefficient (Wildman–Crippen LogP) is 4.55. The van der Waals surface area contributed by atoms with Crippen molar-refractivity contribution < 1.29 is 9.15 Å². The molecule has 0 amide bonds. The van der Waals surface area contributed by atoms with Gasteiger partial charge in [0.2, 0.25) is 0 Å². The molecule has 3 N–H and O–H groups in total. The molecule has 0 aliphatic heterocycles. The van der Waals surface area contributed by atoms with Crippen LogP contribution in [-0.2, 0) is 0 Å². The summed E-state index contributed by atoms with van der Waals surface area (Å²) in [5, 5.41) is 4.85. The van der Waals surface area contributed by atoms with Gasteiger partial charge in [-0.1, -0.05) is 12.8 Å². The molecule has 4 aromatic heterocycles. The Morgan fingerprint density at radius 3 is 2.61 bits per heavy atom. The number of nitrogens with one attached hydrogen (secondary N) is 3. The monoisotopic (exact) mass is 482 g/mol. The number of ether oxygens (including phenoxy) is 1. The third-order valence-electron chi connectivity index (χ3n) is 7.32. The molecule has 1 aliphatic rings. The van der Waals surface area contributed by atoms with Gasteiger partial charge in [-0.05, 0) is 48.6 Å². The molecule has 2 aromatic carbocycles. The number of furan rings is 1. The van der Waals surface area contributed by atoms with Crippen LogP contribution < -0.4 is 21.3 Å². The van der Waals surface area contributed by atoms with Gasteiger partial charge in [-0.2, -0.15) is 0 Å². The van der Waals surface area contributed by atoms with E-state index in [9.17, 15) is 14.4 Å². The number of H-pyrrole nitrogens is 3. The molecule has 1 fully saturated rings. The van der Waals surface area contributed by atoms with E-state index in [0.29, 0.717) is 55.5 Å². The minimum Gasteiger partial charge on any atom is -0.497 e. The molecule has 36 heavy (non-hydrogen) atoms. The Kier molecular flexibility index (Phi) is 4.33. The first-order chi connectivity index (χ1) is 17.5. The number of hydrogen-bond acceptors (Lipinski definition) is 5. The maximum Gasteiger partial charge on any atom is 0.274 e. The minimum absolute atomic E-state index is 0.158. The Hall–Kier alpha value is -4.53. The molecule has 180 valence electrons. The standard InChI is InChI=1S/C27H22N4O5/c1-35-16-8-6-13-10-18(26(33)28-19(13)12-16)21-22-25(31(30-27(22)34)14-4-2-3-5-14)29-23-17-9-7-15(32)11-20(17)36-24(21)23/h6-12,14,29H,2-5H2,1H3,(H,28,33)(H,30,34). The van der Waals surface area contributed by atoms with Crippen molar-refractivity contribution >= 4 is 44.0 Å². The van der Waals surface area contributed by atoms with Crippen LogP contribution in [0.2, 0.25) is 0 Å². The largest absolute Gasteiger partial charge is 0.497 e. The quantitative estimate of drug-likeness (QED) is 0.341. The van der Waals surface area contributed by atoms with Gasteiger partial charge in [-0.15, -0.1) is 0 Å². The van der Waals surface area contributed by atoms with Gasteiger partial charge < -0.3 is 19.1 Å². The summed E-state index contributed by atoms with van der Waals surface area (Å²) in [6.07, 6.45) is 4.11. The molecule has 0 spiro atoms. The Balaban J connectivity index is 1.65. The van der Waals surface area contributed by atoms with Crippen LogP contribution in [0.1, 0.15) is 31.7 Å². The van der Waals surface area contributed by atoms with Crippen molar-refractivity contribution in [2.45, 2.75) is 31.7 Å². The molecular formula is C27H22N4O5. The third-order valence-corrected chi connectivity index (χ3v) is 7.32. The lowest BCUT2D eigenvalue weighted by Crippen LogP contribution is -2.11. The highest BCUT2D eigenvalue weighted by Gasteiger charge is 2.27. The number of aromatic amines is 3. The number of benzene rings is 2. The molecule has 4 heterocycles. The summed E-state index contributed by atoms with van der Waals surface area (Å²) < 4.78 is 13.3. The van der Waals surface area contributed by atoms with Crippen molar-refractivity contribution in [3.05, 3.63) is 73.4 Å². The number of fused-ring (bicyclic) bond motifs is 5. The number of rotatable bonds is 3. The molecule has 1 aliphatic carbocycles. The van der Waals surface area contributed by atoms with Crippen LogP contribution in [-0.4, -0.2) is 26.9 Å². The smallest absolute Gasteiger partial charge is 0.274 e. The molecule has 9 nitrogen and oxygen atoms in total. The number of hydrogen-bond donors (Lipinski definition) is 3. The van der Waals surface area contributed by atoms with Crippen molar-refractivity contribution in [1.82, 2.24) is 19.7 Å². The summed E-state index contributed by atoms with van der Waals surface area (Å²) in [6, 6.07) is 12.0. The first-order valence-electron chi connectivity index (χ1n) is 12.0. The third kappa shape index (κ3) is 2.92. The Bertz CT molecular complexity index is 2010. The average Bonchev–Trinajstić information content (AvgIpc) is 3.60. The van der Waals surface area contributed by atoms with E-state index in [1.807, 2.05) is 16.8 Å². The van der Waals surface area contributed by atoms with Crippen LogP contribution in [0.25, 0.3) is 55.1 Å². The molecule has 6 aromatic rings. The molecule has 7 rings (SSSR count). The van der Waals surface area contributed by atoms with E-state index < -0.39 is 0 Å². The first-order valence-corrected chi connectivity index (χ1v) is 12.0. The summed E-state index contributed by atoms with van der Waals surface area (Å²) in [5.41, 5.74) is 2.49. The average molecular weight is 482 g/mol. The number of aromatic nitrogens is 4. The Morgan fingerprint density at radius 2 is 1.81 bits per heavy atom. The lowest BCUT2D eigenvalue weighted by Gasteiger charge is -2.13. The van der Waals surface area contributed by atoms with Crippen molar-refractivity contribution in [2.75, 3.05) is 7.11 Å². The zero-order valence-corrected chi connectivity index (χ0v) is 19.4. The van der Waals surface area contributed by atoms with Crippen LogP contribution in [0.5, 0.6) is 5.75 Å². The van der Waals surface area contributed by atoms with Gasteiger partial charge in [-0.3, -0.25) is 24.2 Å². The second kappa shape index (κ2) is 7.48. The molecule has 0 unspecified atom stereocenters. The summed E-state index contributed by atoms with van der Waals surface area (Å²) >= 11 is 0. The zero-order valence-electron chi connectivity index (χ0n) is 19.4. The van der Waals surface area contributed by atoms with Gasteiger partial charge >= 0.3 is 0 Å². The van der Waals surface area contributed by atoms with E-state index in [-0.39, 0.29) is 22.6 Å². The van der Waals surface area contributed by atoms with E-state index in [1.54, 1.807) is 25.3 Å². The van der Waals surface area contributed by atoms with Crippen LogP contribution in [0.15, 0.2) is 61.3 Å². The lowest BCUT2D eigenvalue weighted by molar-refractivity contribution is 0.415. The Labute approximate surface area is 202 Å². The van der Waals surface area contributed by atoms with Crippen molar-refractivity contribution in [3.8, 4) is 16.9 Å². The SMILES string of the molecule is COc1ccc2cc(-c3c4oc5cc(=O)ccc5c4[nH]c4c3c(=O)[nH]n4C3CCCC3)c(=O)[nH]c2c1. The van der Waals surface area contributed by atoms with Gasteiger partial charge in [0.1, 0.15) is 17.0 Å². The highest BCUT2D eigenvalue weighted by atomic mass is 16.5. The zero-order chi connectivity index (χ0) is 24.6. The van der Waals surface area contributed by atoms with Crippen LogP contribution >= 0.6 is 0 Å². The highest BCUT2D eigenvalue weighted by molar-refractivity contribution is 6.14. The second-order valence-corrected chi connectivity index (χ2v) is 9.40. The summed E-state index contributed by atoms with van der Waals surface area (Å²) in [7, 11) is 1.57. The van der Waals surface area contributed by atoms with Gasteiger partial charge in [-0.25, -0.2) is 0 Å². The van der Waals surface area contributed by atoms with Crippen molar-refractivity contribution in [1.29, 1.82) is 0 Å². The van der Waals surface area contributed by atoms with Crippen LogP contribution in [0, 0.1) is 0 Å². The number of nitrogens with zero attached hydrogens (tertiary/aromatic N) is 1. The minimum atomic E-state index is -0.359. The molecule has 0 radical (unpaired) electrons. The highest BCUT2D eigenvalue weighted by Crippen LogP contribution is 2.39. The van der Waals surface area contributed by atoms with Crippen molar-refractivity contribution in [3.63, 3.8) is 0 Å².